The molecule has 0 N–H and O–H groups in total. The van der Waals surface area contributed by atoms with Crippen LogP contribution in [0.3, 0.4) is 0 Å². The number of hydrogen-bond donors (Lipinski definition) is 0. The quantitative estimate of drug-likeness (QED) is 0.835. The van der Waals surface area contributed by atoms with Crippen LogP contribution in [0.4, 0.5) is 5.69 Å². The molecule has 1 aliphatic carbocycles. The Morgan fingerprint density at radius 2 is 1.80 bits per heavy atom. The molecule has 0 bridgehead atoms. The summed E-state index contributed by atoms with van der Waals surface area (Å²) in [6.07, 6.45) is 7.77. The molecule has 1 amide bonds. The number of amides is 1. The highest BCUT2D eigenvalue weighted by atomic mass is 35.5. The van der Waals surface area contributed by atoms with Gasteiger partial charge < -0.3 is 9.80 Å². The molecular formula is C16H17ClN2O. The van der Waals surface area contributed by atoms with E-state index in [2.05, 4.69) is 11.0 Å². The highest BCUT2D eigenvalue weighted by Crippen LogP contribution is 2.21. The Hall–Kier alpha value is -1.74. The fourth-order valence-electron chi connectivity index (χ4n) is 2.67. The lowest BCUT2D eigenvalue weighted by Gasteiger charge is -2.37. The number of hydrogen-bond acceptors (Lipinski definition) is 2. The molecule has 3 rings (SSSR count). The number of rotatable bonds is 2. The van der Waals surface area contributed by atoms with Gasteiger partial charge in [0.25, 0.3) is 0 Å². The average Bonchev–Trinajstić information content (AvgIpc) is 3.01. The summed E-state index contributed by atoms with van der Waals surface area (Å²) in [5.74, 6) is 0.147. The molecule has 0 unspecified atom stereocenters. The highest BCUT2D eigenvalue weighted by Gasteiger charge is 2.25. The Bertz CT molecular complexity index is 547. The number of halogens is 1. The van der Waals surface area contributed by atoms with E-state index in [1.54, 1.807) is 0 Å². The summed E-state index contributed by atoms with van der Waals surface area (Å²) in [5, 5.41) is 0.752. The Kier molecular flexibility index (Phi) is 3.79. The van der Waals surface area contributed by atoms with E-state index in [4.69, 9.17) is 11.6 Å². The summed E-state index contributed by atoms with van der Waals surface area (Å²) >= 11 is 6.02. The molecule has 3 nitrogen and oxygen atoms in total. The van der Waals surface area contributed by atoms with Gasteiger partial charge in [-0.25, -0.2) is 0 Å². The smallest absolute Gasteiger partial charge is 0.233 e. The van der Waals surface area contributed by atoms with Crippen molar-refractivity contribution in [1.29, 1.82) is 0 Å². The largest absolute Gasteiger partial charge is 0.368 e. The van der Waals surface area contributed by atoms with Gasteiger partial charge in [0, 0.05) is 36.9 Å². The maximum atomic E-state index is 12.3. The van der Waals surface area contributed by atoms with E-state index >= 15 is 0 Å². The summed E-state index contributed by atoms with van der Waals surface area (Å²) in [6.45, 7) is 3.24. The second-order valence-corrected chi connectivity index (χ2v) is 5.52. The van der Waals surface area contributed by atoms with Gasteiger partial charge in [0.1, 0.15) is 0 Å². The first kappa shape index (κ1) is 13.3. The Morgan fingerprint density at radius 1 is 1.10 bits per heavy atom. The van der Waals surface area contributed by atoms with E-state index < -0.39 is 0 Å². The molecule has 0 aromatic heterocycles. The number of piperazine rings is 1. The fraction of sp³-hybridized carbons (Fsp3) is 0.312. The molecule has 1 saturated heterocycles. The summed E-state index contributed by atoms with van der Waals surface area (Å²) in [5.41, 5.74) is 1.13. The summed E-state index contributed by atoms with van der Waals surface area (Å²) in [7, 11) is 0. The standard InChI is InChI=1S/C16H17ClN2O/c17-14-6-3-7-15(12-14)18-8-10-19(11-9-18)16(20)13-4-1-2-5-13/h1-7,12-13H,8-11H2. The Balaban J connectivity index is 1.61. The molecule has 1 aromatic carbocycles. The van der Waals surface area contributed by atoms with E-state index in [0.717, 1.165) is 36.9 Å². The zero-order valence-electron chi connectivity index (χ0n) is 11.2. The van der Waals surface area contributed by atoms with Crippen molar-refractivity contribution in [3.63, 3.8) is 0 Å². The van der Waals surface area contributed by atoms with Crippen molar-refractivity contribution in [2.24, 2.45) is 5.92 Å². The van der Waals surface area contributed by atoms with Crippen molar-refractivity contribution < 1.29 is 4.79 Å². The third-order valence-electron chi connectivity index (χ3n) is 3.80. The minimum atomic E-state index is -0.0623. The molecule has 20 heavy (non-hydrogen) atoms. The van der Waals surface area contributed by atoms with Crippen molar-refractivity contribution in [1.82, 2.24) is 4.90 Å². The van der Waals surface area contributed by atoms with E-state index in [9.17, 15) is 4.79 Å². The first-order valence-corrected chi connectivity index (χ1v) is 7.26. The van der Waals surface area contributed by atoms with Crippen molar-refractivity contribution in [2.45, 2.75) is 0 Å². The van der Waals surface area contributed by atoms with E-state index in [0.29, 0.717) is 0 Å². The lowest BCUT2D eigenvalue weighted by Crippen LogP contribution is -2.50. The zero-order valence-corrected chi connectivity index (χ0v) is 12.0. The zero-order chi connectivity index (χ0) is 13.9. The van der Waals surface area contributed by atoms with Crippen LogP contribution >= 0.6 is 11.6 Å². The van der Waals surface area contributed by atoms with Crippen LogP contribution in [0.5, 0.6) is 0 Å². The average molecular weight is 289 g/mol. The van der Waals surface area contributed by atoms with Gasteiger partial charge in [-0.05, 0) is 18.2 Å². The molecule has 0 saturated carbocycles. The first-order chi connectivity index (χ1) is 9.74. The van der Waals surface area contributed by atoms with Crippen LogP contribution in [-0.4, -0.2) is 37.0 Å². The predicted molar refractivity (Wildman–Crippen MR) is 82.0 cm³/mol. The minimum Gasteiger partial charge on any atom is -0.368 e. The SMILES string of the molecule is O=C(C1C=CC=C1)N1CCN(c2cccc(Cl)c2)CC1. The van der Waals surface area contributed by atoms with Crippen molar-refractivity contribution in [3.05, 3.63) is 53.6 Å². The van der Waals surface area contributed by atoms with Crippen LogP contribution in [0.2, 0.25) is 5.02 Å². The topological polar surface area (TPSA) is 23.6 Å². The van der Waals surface area contributed by atoms with Gasteiger partial charge >= 0.3 is 0 Å². The van der Waals surface area contributed by atoms with Gasteiger partial charge in [-0.3, -0.25) is 4.79 Å². The fourth-order valence-corrected chi connectivity index (χ4v) is 2.85. The first-order valence-electron chi connectivity index (χ1n) is 6.88. The summed E-state index contributed by atoms with van der Waals surface area (Å²) < 4.78 is 0. The van der Waals surface area contributed by atoms with Crippen molar-refractivity contribution in [2.75, 3.05) is 31.1 Å². The summed E-state index contributed by atoms with van der Waals surface area (Å²) in [4.78, 5) is 16.5. The molecule has 104 valence electrons. The molecule has 2 aliphatic rings. The maximum absolute atomic E-state index is 12.3. The van der Waals surface area contributed by atoms with Crippen LogP contribution in [-0.2, 0) is 4.79 Å². The Morgan fingerprint density at radius 3 is 2.45 bits per heavy atom. The number of carbonyl (C=O) groups excluding carboxylic acids is 1. The lowest BCUT2D eigenvalue weighted by molar-refractivity contribution is -0.132. The number of anilines is 1. The molecule has 1 aliphatic heterocycles. The van der Waals surface area contributed by atoms with Gasteiger partial charge in [0.15, 0.2) is 0 Å². The molecule has 4 heteroatoms. The normalized spacial score (nSPS) is 18.9. The van der Waals surface area contributed by atoms with Gasteiger partial charge in [-0.1, -0.05) is 42.0 Å². The van der Waals surface area contributed by atoms with Gasteiger partial charge in [0.2, 0.25) is 5.91 Å². The van der Waals surface area contributed by atoms with Crippen LogP contribution in [0.25, 0.3) is 0 Å². The molecule has 1 aromatic rings. The second kappa shape index (κ2) is 5.71. The third-order valence-corrected chi connectivity index (χ3v) is 4.03. The van der Waals surface area contributed by atoms with E-state index in [1.165, 1.54) is 0 Å². The predicted octanol–water partition coefficient (Wildman–Crippen LogP) is 2.73. The maximum Gasteiger partial charge on any atom is 0.233 e. The highest BCUT2D eigenvalue weighted by molar-refractivity contribution is 6.30. The third kappa shape index (κ3) is 2.73. The van der Waals surface area contributed by atoms with Crippen LogP contribution in [0.1, 0.15) is 0 Å². The van der Waals surface area contributed by atoms with Crippen molar-refractivity contribution >= 4 is 23.2 Å². The van der Waals surface area contributed by atoms with E-state index in [-0.39, 0.29) is 11.8 Å². The van der Waals surface area contributed by atoms with Gasteiger partial charge in [-0.15, -0.1) is 0 Å². The Labute approximate surface area is 124 Å². The second-order valence-electron chi connectivity index (χ2n) is 5.09. The number of benzene rings is 1. The molecule has 0 atom stereocenters. The summed E-state index contributed by atoms with van der Waals surface area (Å²) in [6, 6.07) is 7.88. The molecule has 0 spiro atoms. The lowest BCUT2D eigenvalue weighted by atomic mass is 10.1. The minimum absolute atomic E-state index is 0.0623. The van der Waals surface area contributed by atoms with E-state index in [1.807, 2.05) is 47.4 Å². The molecular weight excluding hydrogens is 272 g/mol. The van der Waals surface area contributed by atoms with Crippen LogP contribution in [0.15, 0.2) is 48.6 Å². The number of carbonyl (C=O) groups is 1. The monoisotopic (exact) mass is 288 g/mol. The molecule has 1 fully saturated rings. The molecule has 0 radical (unpaired) electrons. The van der Waals surface area contributed by atoms with Crippen LogP contribution in [0, 0.1) is 5.92 Å². The van der Waals surface area contributed by atoms with Crippen LogP contribution < -0.4 is 4.90 Å². The number of nitrogens with zero attached hydrogens (tertiary/aromatic N) is 2. The molecule has 1 heterocycles. The van der Waals surface area contributed by atoms with Gasteiger partial charge in [0.05, 0.1) is 5.92 Å². The van der Waals surface area contributed by atoms with Crippen molar-refractivity contribution in [3.8, 4) is 0 Å². The number of allylic oxidation sites excluding steroid dienone is 2. The van der Waals surface area contributed by atoms with Gasteiger partial charge in [-0.2, -0.15) is 0 Å².